The van der Waals surface area contributed by atoms with Gasteiger partial charge in [-0.15, -0.1) is 0 Å². The first kappa shape index (κ1) is 25.2. The lowest BCUT2D eigenvalue weighted by molar-refractivity contribution is 0.0446. The number of β-amino-alcohol motifs (C(OH)–C–C–N with tert-alkyl or cyclic N) is 1. The van der Waals surface area contributed by atoms with Gasteiger partial charge in [-0.1, -0.05) is 6.07 Å². The summed E-state index contributed by atoms with van der Waals surface area (Å²) in [4.78, 5) is 4.86. The van der Waals surface area contributed by atoms with Gasteiger partial charge < -0.3 is 24.1 Å². The van der Waals surface area contributed by atoms with Crippen molar-refractivity contribution < 1.29 is 32.5 Å². The Balaban J connectivity index is 1.03. The SMILES string of the molecule is O=S(=O)(c1ccc(OCC(O)CN2CCN(Cc3ccc4c(c3)OCO4)CC2)cc1)N1CCOCC1. The molecule has 5 rings (SSSR count). The highest BCUT2D eigenvalue weighted by Gasteiger charge is 2.26. The van der Waals surface area contributed by atoms with Crippen molar-refractivity contribution in [2.75, 3.05) is 72.4 Å². The monoisotopic (exact) mass is 519 g/mol. The Morgan fingerprint density at radius 3 is 2.33 bits per heavy atom. The number of nitrogens with zero attached hydrogens (tertiary/aromatic N) is 3. The molecule has 10 nitrogen and oxygen atoms in total. The van der Waals surface area contributed by atoms with Gasteiger partial charge in [-0.3, -0.25) is 9.80 Å². The molecule has 0 spiro atoms. The van der Waals surface area contributed by atoms with Crippen molar-refractivity contribution in [3.63, 3.8) is 0 Å². The molecule has 1 atom stereocenters. The summed E-state index contributed by atoms with van der Waals surface area (Å²) in [5.41, 5.74) is 1.20. The Kier molecular flexibility index (Phi) is 7.94. The summed E-state index contributed by atoms with van der Waals surface area (Å²) in [5.74, 6) is 2.14. The first-order valence-electron chi connectivity index (χ1n) is 12.3. The van der Waals surface area contributed by atoms with Crippen LogP contribution in [0.5, 0.6) is 17.2 Å². The molecule has 2 saturated heterocycles. The van der Waals surface area contributed by atoms with Gasteiger partial charge in [0.15, 0.2) is 11.5 Å². The van der Waals surface area contributed by atoms with Gasteiger partial charge in [-0.25, -0.2) is 8.42 Å². The van der Waals surface area contributed by atoms with E-state index >= 15 is 0 Å². The number of hydrogen-bond donors (Lipinski definition) is 1. The van der Waals surface area contributed by atoms with E-state index in [1.807, 2.05) is 12.1 Å². The van der Waals surface area contributed by atoms with Crippen LogP contribution >= 0.6 is 0 Å². The summed E-state index contributed by atoms with van der Waals surface area (Å²) in [5, 5.41) is 10.5. The first-order chi connectivity index (χ1) is 17.5. The number of hydrogen-bond acceptors (Lipinski definition) is 9. The number of piperazine rings is 1. The van der Waals surface area contributed by atoms with Gasteiger partial charge in [-0.05, 0) is 42.0 Å². The van der Waals surface area contributed by atoms with Crippen LogP contribution in [0.3, 0.4) is 0 Å². The molecule has 2 aromatic rings. The zero-order chi connectivity index (χ0) is 25.0. The normalized spacial score (nSPS) is 20.4. The largest absolute Gasteiger partial charge is 0.491 e. The molecular formula is C25H33N3O7S. The van der Waals surface area contributed by atoms with Crippen LogP contribution in [-0.2, 0) is 21.3 Å². The molecule has 3 heterocycles. The molecule has 0 saturated carbocycles. The van der Waals surface area contributed by atoms with Crippen molar-refractivity contribution in [3.8, 4) is 17.2 Å². The van der Waals surface area contributed by atoms with Crippen LogP contribution in [0, 0.1) is 0 Å². The Morgan fingerprint density at radius 1 is 0.889 bits per heavy atom. The average molecular weight is 520 g/mol. The molecule has 2 aromatic carbocycles. The molecule has 0 radical (unpaired) electrons. The van der Waals surface area contributed by atoms with Crippen LogP contribution in [0.15, 0.2) is 47.4 Å². The van der Waals surface area contributed by atoms with Crippen LogP contribution < -0.4 is 14.2 Å². The topological polar surface area (TPSA) is 101 Å². The number of sulfonamides is 1. The van der Waals surface area contributed by atoms with E-state index in [0.717, 1.165) is 44.2 Å². The quantitative estimate of drug-likeness (QED) is 0.520. The van der Waals surface area contributed by atoms with Crippen molar-refractivity contribution in [2.45, 2.75) is 17.5 Å². The van der Waals surface area contributed by atoms with Gasteiger partial charge in [0.05, 0.1) is 18.1 Å². The Morgan fingerprint density at radius 2 is 1.58 bits per heavy atom. The summed E-state index contributed by atoms with van der Waals surface area (Å²) >= 11 is 0. The minimum Gasteiger partial charge on any atom is -0.491 e. The molecule has 1 N–H and O–H groups in total. The third kappa shape index (κ3) is 6.10. The number of fused-ring (bicyclic) bond motifs is 1. The summed E-state index contributed by atoms with van der Waals surface area (Å²) in [7, 11) is -3.53. The van der Waals surface area contributed by atoms with Gasteiger partial charge >= 0.3 is 0 Å². The molecule has 196 valence electrons. The van der Waals surface area contributed by atoms with E-state index in [0.29, 0.717) is 38.6 Å². The van der Waals surface area contributed by atoms with Crippen molar-refractivity contribution in [1.82, 2.24) is 14.1 Å². The van der Waals surface area contributed by atoms with Crippen LogP contribution in [-0.4, -0.2) is 106 Å². The third-order valence-corrected chi connectivity index (χ3v) is 8.56. The molecule has 0 bridgehead atoms. The lowest BCUT2D eigenvalue weighted by Gasteiger charge is -2.35. The van der Waals surface area contributed by atoms with E-state index in [2.05, 4.69) is 15.9 Å². The molecule has 3 aliphatic rings. The maximum absolute atomic E-state index is 12.7. The molecule has 0 aromatic heterocycles. The second-order valence-electron chi connectivity index (χ2n) is 9.22. The third-order valence-electron chi connectivity index (χ3n) is 6.65. The molecule has 3 aliphatic heterocycles. The smallest absolute Gasteiger partial charge is 0.243 e. The second-order valence-corrected chi connectivity index (χ2v) is 11.2. The van der Waals surface area contributed by atoms with E-state index in [1.54, 1.807) is 24.3 Å². The first-order valence-corrected chi connectivity index (χ1v) is 13.7. The van der Waals surface area contributed by atoms with Crippen molar-refractivity contribution in [3.05, 3.63) is 48.0 Å². The highest BCUT2D eigenvalue weighted by molar-refractivity contribution is 7.89. The molecule has 0 amide bonds. The van der Waals surface area contributed by atoms with E-state index in [-0.39, 0.29) is 18.3 Å². The van der Waals surface area contributed by atoms with Gasteiger partial charge in [0.2, 0.25) is 16.8 Å². The molecule has 2 fully saturated rings. The van der Waals surface area contributed by atoms with Crippen LogP contribution in [0.25, 0.3) is 0 Å². The van der Waals surface area contributed by atoms with Gasteiger partial charge in [-0.2, -0.15) is 4.31 Å². The fourth-order valence-electron chi connectivity index (χ4n) is 4.61. The maximum atomic E-state index is 12.7. The van der Waals surface area contributed by atoms with Crippen molar-refractivity contribution in [2.24, 2.45) is 0 Å². The van der Waals surface area contributed by atoms with E-state index < -0.39 is 16.1 Å². The van der Waals surface area contributed by atoms with Gasteiger partial charge in [0, 0.05) is 52.4 Å². The molecule has 1 unspecified atom stereocenters. The summed E-state index contributed by atoms with van der Waals surface area (Å²) in [6.45, 7) is 6.93. The molecule has 0 aliphatic carbocycles. The number of morpholine rings is 1. The Labute approximate surface area is 212 Å². The fourth-order valence-corrected chi connectivity index (χ4v) is 6.02. The maximum Gasteiger partial charge on any atom is 0.243 e. The van der Waals surface area contributed by atoms with Gasteiger partial charge in [0.25, 0.3) is 0 Å². The number of aliphatic hydroxyl groups is 1. The lowest BCUT2D eigenvalue weighted by Crippen LogP contribution is -2.48. The van der Waals surface area contributed by atoms with Crippen LogP contribution in [0.4, 0.5) is 0 Å². The van der Waals surface area contributed by atoms with Crippen molar-refractivity contribution >= 4 is 10.0 Å². The standard InChI is InChI=1S/C25H33N3O7S/c29-21(18-33-22-2-4-23(5-3-22)36(30,31)28-11-13-32-14-12-28)17-27-9-7-26(8-10-27)16-20-1-6-24-25(15-20)35-19-34-24/h1-6,15,21,29H,7-14,16-19H2. The minimum absolute atomic E-state index is 0.146. The molecule has 36 heavy (non-hydrogen) atoms. The summed E-state index contributed by atoms with van der Waals surface area (Å²) in [6, 6.07) is 12.4. The number of rotatable bonds is 9. The summed E-state index contributed by atoms with van der Waals surface area (Å²) < 4.78 is 48.7. The van der Waals surface area contributed by atoms with Crippen LogP contribution in [0.2, 0.25) is 0 Å². The average Bonchev–Trinajstić information content (AvgIpc) is 3.37. The van der Waals surface area contributed by atoms with E-state index in [1.165, 1.54) is 9.87 Å². The molecular weight excluding hydrogens is 486 g/mol. The number of aliphatic hydroxyl groups excluding tert-OH is 1. The predicted octanol–water partition coefficient (Wildman–Crippen LogP) is 0.994. The second kappa shape index (κ2) is 11.3. The van der Waals surface area contributed by atoms with Crippen LogP contribution in [0.1, 0.15) is 5.56 Å². The Bertz CT molecular complexity index is 1110. The fraction of sp³-hybridized carbons (Fsp3) is 0.520. The minimum atomic E-state index is -3.53. The number of ether oxygens (including phenoxy) is 4. The summed E-state index contributed by atoms with van der Waals surface area (Å²) in [6.07, 6.45) is -0.637. The Hall–Kier alpha value is -2.41. The molecule has 11 heteroatoms. The number of benzene rings is 2. The van der Waals surface area contributed by atoms with Gasteiger partial charge in [0.1, 0.15) is 18.5 Å². The zero-order valence-electron chi connectivity index (χ0n) is 20.3. The van der Waals surface area contributed by atoms with Crippen molar-refractivity contribution in [1.29, 1.82) is 0 Å². The highest BCUT2D eigenvalue weighted by Crippen LogP contribution is 2.32. The predicted molar refractivity (Wildman–Crippen MR) is 132 cm³/mol. The lowest BCUT2D eigenvalue weighted by atomic mass is 10.1. The van der Waals surface area contributed by atoms with E-state index in [4.69, 9.17) is 18.9 Å². The zero-order valence-corrected chi connectivity index (χ0v) is 21.1. The highest BCUT2D eigenvalue weighted by atomic mass is 32.2. The van der Waals surface area contributed by atoms with E-state index in [9.17, 15) is 13.5 Å².